The van der Waals surface area contributed by atoms with Gasteiger partial charge < -0.3 is 10.2 Å². The molecule has 0 bridgehead atoms. The molecule has 110 valence electrons. The second kappa shape index (κ2) is 7.09. The molecule has 0 spiro atoms. The van der Waals surface area contributed by atoms with Crippen molar-refractivity contribution in [2.45, 2.75) is 39.3 Å². The van der Waals surface area contributed by atoms with Crippen LogP contribution < -0.4 is 5.32 Å². The summed E-state index contributed by atoms with van der Waals surface area (Å²) in [4.78, 5) is 14.4. The molecule has 1 aromatic rings. The van der Waals surface area contributed by atoms with Gasteiger partial charge in [-0.05, 0) is 57.0 Å². The lowest BCUT2D eigenvalue weighted by Crippen LogP contribution is -2.37. The summed E-state index contributed by atoms with van der Waals surface area (Å²) >= 11 is 6.01. The minimum atomic E-state index is 0.204. The molecule has 1 N–H and O–H groups in total. The van der Waals surface area contributed by atoms with Gasteiger partial charge in [-0.15, -0.1) is 0 Å². The smallest absolute Gasteiger partial charge is 0.223 e. The highest BCUT2D eigenvalue weighted by Crippen LogP contribution is 2.18. The molecule has 0 saturated carbocycles. The number of carbonyl (C=O) groups is 1. The van der Waals surface area contributed by atoms with Crippen LogP contribution in [0.5, 0.6) is 0 Å². The lowest BCUT2D eigenvalue weighted by molar-refractivity contribution is -0.134. The van der Waals surface area contributed by atoms with Crippen molar-refractivity contribution in [3.05, 3.63) is 34.9 Å². The van der Waals surface area contributed by atoms with E-state index in [4.69, 9.17) is 11.6 Å². The first-order chi connectivity index (χ1) is 9.56. The highest BCUT2D eigenvalue weighted by atomic mass is 35.5. The minimum absolute atomic E-state index is 0.204. The molecule has 1 aromatic carbocycles. The molecule has 1 fully saturated rings. The molecular formula is C16H23ClN2O. The van der Waals surface area contributed by atoms with Crippen LogP contribution in [0.15, 0.2) is 24.3 Å². The predicted octanol–water partition coefficient (Wildman–Crippen LogP) is 3.08. The summed E-state index contributed by atoms with van der Waals surface area (Å²) in [5.41, 5.74) is 1.09. The van der Waals surface area contributed by atoms with E-state index in [9.17, 15) is 4.79 Å². The van der Waals surface area contributed by atoms with Crippen molar-refractivity contribution in [1.29, 1.82) is 0 Å². The van der Waals surface area contributed by atoms with Crippen molar-refractivity contribution >= 4 is 17.5 Å². The Morgan fingerprint density at radius 3 is 2.90 bits per heavy atom. The van der Waals surface area contributed by atoms with Crippen molar-refractivity contribution in [2.24, 2.45) is 5.92 Å². The van der Waals surface area contributed by atoms with Crippen molar-refractivity contribution in [2.75, 3.05) is 13.1 Å². The molecule has 3 nitrogen and oxygen atoms in total. The van der Waals surface area contributed by atoms with Crippen LogP contribution >= 0.6 is 11.6 Å². The SMILES string of the molecule is CC(C)N(Cc1cccc(Cl)c1)C(=O)CC1CCNC1. The normalized spacial score (nSPS) is 18.5. The number of amides is 1. The van der Waals surface area contributed by atoms with Gasteiger partial charge in [-0.2, -0.15) is 0 Å². The maximum Gasteiger partial charge on any atom is 0.223 e. The van der Waals surface area contributed by atoms with Crippen LogP contribution in [-0.4, -0.2) is 29.9 Å². The fourth-order valence-electron chi connectivity index (χ4n) is 2.64. The summed E-state index contributed by atoms with van der Waals surface area (Å²) in [5.74, 6) is 0.733. The number of nitrogens with zero attached hydrogens (tertiary/aromatic N) is 1. The average molecular weight is 295 g/mol. The Bertz CT molecular complexity index is 456. The van der Waals surface area contributed by atoms with Crippen LogP contribution in [0.4, 0.5) is 0 Å². The van der Waals surface area contributed by atoms with Crippen LogP contribution in [0.1, 0.15) is 32.3 Å². The van der Waals surface area contributed by atoms with Crippen molar-refractivity contribution < 1.29 is 4.79 Å². The van der Waals surface area contributed by atoms with Gasteiger partial charge in [0, 0.05) is 24.0 Å². The Kier molecular flexibility index (Phi) is 5.44. The molecule has 0 aliphatic carbocycles. The van der Waals surface area contributed by atoms with E-state index in [1.807, 2.05) is 29.2 Å². The van der Waals surface area contributed by atoms with Crippen molar-refractivity contribution in [3.63, 3.8) is 0 Å². The highest BCUT2D eigenvalue weighted by Gasteiger charge is 2.23. The van der Waals surface area contributed by atoms with E-state index >= 15 is 0 Å². The summed E-state index contributed by atoms with van der Waals surface area (Å²) in [6, 6.07) is 7.95. The molecular weight excluding hydrogens is 272 g/mol. The fraction of sp³-hybridized carbons (Fsp3) is 0.562. The molecule has 0 radical (unpaired) electrons. The number of carbonyl (C=O) groups excluding carboxylic acids is 1. The number of halogens is 1. The zero-order valence-electron chi connectivity index (χ0n) is 12.2. The highest BCUT2D eigenvalue weighted by molar-refractivity contribution is 6.30. The third kappa shape index (κ3) is 4.22. The van der Waals surface area contributed by atoms with Crippen LogP contribution in [0, 0.1) is 5.92 Å². The molecule has 1 aliphatic heterocycles. The molecule has 1 atom stereocenters. The Balaban J connectivity index is 2.00. The Hall–Kier alpha value is -1.06. The first kappa shape index (κ1) is 15.3. The lowest BCUT2D eigenvalue weighted by Gasteiger charge is -2.28. The predicted molar refractivity (Wildman–Crippen MR) is 82.7 cm³/mol. The van der Waals surface area contributed by atoms with Crippen molar-refractivity contribution in [1.82, 2.24) is 10.2 Å². The Morgan fingerprint density at radius 1 is 1.50 bits per heavy atom. The van der Waals surface area contributed by atoms with Crippen LogP contribution in [-0.2, 0) is 11.3 Å². The van der Waals surface area contributed by atoms with Gasteiger partial charge in [-0.1, -0.05) is 23.7 Å². The second-order valence-corrected chi connectivity index (χ2v) is 6.24. The van der Waals surface area contributed by atoms with Crippen LogP contribution in [0.3, 0.4) is 0 Å². The number of benzene rings is 1. The molecule has 1 unspecified atom stereocenters. The molecule has 2 rings (SSSR count). The maximum atomic E-state index is 12.5. The minimum Gasteiger partial charge on any atom is -0.336 e. The van der Waals surface area contributed by atoms with E-state index in [1.54, 1.807) is 0 Å². The van der Waals surface area contributed by atoms with Gasteiger partial charge in [-0.25, -0.2) is 0 Å². The summed E-state index contributed by atoms with van der Waals surface area (Å²) < 4.78 is 0. The van der Waals surface area contributed by atoms with Gasteiger partial charge >= 0.3 is 0 Å². The first-order valence-electron chi connectivity index (χ1n) is 7.31. The summed E-state index contributed by atoms with van der Waals surface area (Å²) in [6.07, 6.45) is 1.75. The molecule has 1 amide bonds. The average Bonchev–Trinajstić information content (AvgIpc) is 2.88. The topological polar surface area (TPSA) is 32.3 Å². The second-order valence-electron chi connectivity index (χ2n) is 5.81. The Labute approximate surface area is 126 Å². The number of rotatable bonds is 5. The summed E-state index contributed by atoms with van der Waals surface area (Å²) in [6.45, 7) is 6.77. The van der Waals surface area contributed by atoms with E-state index in [-0.39, 0.29) is 11.9 Å². The number of hydrogen-bond acceptors (Lipinski definition) is 2. The molecule has 20 heavy (non-hydrogen) atoms. The standard InChI is InChI=1S/C16H23ClN2O/c1-12(2)19(11-14-4-3-5-15(17)8-14)16(20)9-13-6-7-18-10-13/h3-5,8,12-13,18H,6-7,9-11H2,1-2H3. The number of hydrogen-bond donors (Lipinski definition) is 1. The van der Waals surface area contributed by atoms with Gasteiger partial charge in [0.15, 0.2) is 0 Å². The largest absolute Gasteiger partial charge is 0.336 e. The van der Waals surface area contributed by atoms with Gasteiger partial charge in [-0.3, -0.25) is 4.79 Å². The van der Waals surface area contributed by atoms with Gasteiger partial charge in [0.05, 0.1) is 0 Å². The van der Waals surface area contributed by atoms with Crippen molar-refractivity contribution in [3.8, 4) is 0 Å². The van der Waals surface area contributed by atoms with Gasteiger partial charge in [0.2, 0.25) is 5.91 Å². The molecule has 0 aromatic heterocycles. The third-order valence-corrected chi connectivity index (χ3v) is 4.05. The summed E-state index contributed by atoms with van der Waals surface area (Å²) in [5, 5.41) is 4.04. The van der Waals surface area contributed by atoms with E-state index in [2.05, 4.69) is 19.2 Å². The van der Waals surface area contributed by atoms with Crippen LogP contribution in [0.25, 0.3) is 0 Å². The maximum absolute atomic E-state index is 12.5. The van der Waals surface area contributed by atoms with Gasteiger partial charge in [0.1, 0.15) is 0 Å². The zero-order valence-corrected chi connectivity index (χ0v) is 13.0. The number of nitrogens with one attached hydrogen (secondary N) is 1. The fourth-order valence-corrected chi connectivity index (χ4v) is 2.86. The molecule has 1 saturated heterocycles. The lowest BCUT2D eigenvalue weighted by atomic mass is 10.0. The third-order valence-electron chi connectivity index (χ3n) is 3.81. The quantitative estimate of drug-likeness (QED) is 0.905. The van der Waals surface area contributed by atoms with E-state index < -0.39 is 0 Å². The molecule has 4 heteroatoms. The monoisotopic (exact) mass is 294 g/mol. The molecule has 1 heterocycles. The van der Waals surface area contributed by atoms with E-state index in [1.165, 1.54) is 0 Å². The van der Waals surface area contributed by atoms with Crippen LogP contribution in [0.2, 0.25) is 5.02 Å². The van der Waals surface area contributed by atoms with E-state index in [0.29, 0.717) is 18.9 Å². The van der Waals surface area contributed by atoms with E-state index in [0.717, 1.165) is 30.1 Å². The summed E-state index contributed by atoms with van der Waals surface area (Å²) in [7, 11) is 0. The molecule has 1 aliphatic rings. The van der Waals surface area contributed by atoms with Gasteiger partial charge in [0.25, 0.3) is 0 Å². The zero-order chi connectivity index (χ0) is 14.5. The Morgan fingerprint density at radius 2 is 2.30 bits per heavy atom. The first-order valence-corrected chi connectivity index (χ1v) is 7.68.